The average Bonchev–Trinajstić information content (AvgIpc) is 2.69. The van der Waals surface area contributed by atoms with Gasteiger partial charge in [0.2, 0.25) is 0 Å². The van der Waals surface area contributed by atoms with Crippen molar-refractivity contribution in [3.8, 4) is 6.07 Å². The van der Waals surface area contributed by atoms with E-state index >= 15 is 0 Å². The number of amides is 1. The zero-order valence-electron chi connectivity index (χ0n) is 15.7. The molecule has 3 nitrogen and oxygen atoms in total. The van der Waals surface area contributed by atoms with E-state index in [2.05, 4.69) is 0 Å². The lowest BCUT2D eigenvalue weighted by atomic mass is 9.93. The third-order valence-electron chi connectivity index (χ3n) is 4.49. The molecule has 0 aliphatic carbocycles. The highest BCUT2D eigenvalue weighted by Crippen LogP contribution is 2.30. The maximum Gasteiger partial charge on any atom is 0.265 e. The summed E-state index contributed by atoms with van der Waals surface area (Å²) in [6.45, 7) is 6.34. The van der Waals surface area contributed by atoms with Crippen molar-refractivity contribution in [2.75, 3.05) is 6.54 Å². The van der Waals surface area contributed by atoms with Crippen molar-refractivity contribution in [1.82, 2.24) is 4.90 Å². The Morgan fingerprint density at radius 2 is 1.78 bits per heavy atom. The normalized spacial score (nSPS) is 15.9. The molecule has 0 saturated carbocycles. The first-order valence-corrected chi connectivity index (χ1v) is 8.97. The van der Waals surface area contributed by atoms with Crippen molar-refractivity contribution < 1.29 is 13.6 Å². The summed E-state index contributed by atoms with van der Waals surface area (Å²) >= 11 is 0. The van der Waals surface area contributed by atoms with Crippen LogP contribution in [0.5, 0.6) is 0 Å². The van der Waals surface area contributed by atoms with Crippen LogP contribution in [0.3, 0.4) is 0 Å². The molecule has 3 rings (SSSR count). The fourth-order valence-corrected chi connectivity index (χ4v) is 3.14. The molecular weight excluding hydrogens is 346 g/mol. The Morgan fingerprint density at radius 1 is 1.15 bits per heavy atom. The number of hydrogen-bond donors (Lipinski definition) is 0. The Morgan fingerprint density at radius 3 is 2.41 bits per heavy atom. The summed E-state index contributed by atoms with van der Waals surface area (Å²) in [7, 11) is 0. The van der Waals surface area contributed by atoms with Crippen molar-refractivity contribution in [2.24, 2.45) is 0 Å². The van der Waals surface area contributed by atoms with Crippen LogP contribution in [0.4, 0.5) is 8.78 Å². The zero-order valence-corrected chi connectivity index (χ0v) is 15.7. The Kier molecular flexibility index (Phi) is 6.84. The van der Waals surface area contributed by atoms with Gasteiger partial charge in [-0.3, -0.25) is 4.79 Å². The van der Waals surface area contributed by atoms with Crippen LogP contribution in [-0.4, -0.2) is 17.4 Å². The molecular formula is C22H22F2N2O. The predicted octanol–water partition coefficient (Wildman–Crippen LogP) is 5.04. The minimum Gasteiger partial charge on any atom is -0.331 e. The molecule has 140 valence electrons. The first-order chi connectivity index (χ1) is 13.0. The molecule has 1 heterocycles. The highest BCUT2D eigenvalue weighted by molar-refractivity contribution is 6.02. The van der Waals surface area contributed by atoms with E-state index in [4.69, 9.17) is 0 Å². The van der Waals surface area contributed by atoms with Crippen molar-refractivity contribution in [1.29, 1.82) is 5.26 Å². The number of benzene rings is 2. The van der Waals surface area contributed by atoms with Gasteiger partial charge in [0.1, 0.15) is 23.3 Å². The van der Waals surface area contributed by atoms with Gasteiger partial charge in [0.05, 0.1) is 6.04 Å². The number of nitriles is 1. The van der Waals surface area contributed by atoms with Crippen molar-refractivity contribution in [3.63, 3.8) is 0 Å². The van der Waals surface area contributed by atoms with Gasteiger partial charge in [-0.2, -0.15) is 5.26 Å². The number of fused-ring (bicyclic) bond motifs is 1. The second kappa shape index (κ2) is 9.09. The lowest BCUT2D eigenvalue weighted by Gasteiger charge is -2.35. The fraction of sp³-hybridized carbons (Fsp3) is 0.273. The number of carbonyl (C=O) groups is 1. The van der Waals surface area contributed by atoms with Gasteiger partial charge < -0.3 is 4.90 Å². The van der Waals surface area contributed by atoms with Gasteiger partial charge in [-0.05, 0) is 42.7 Å². The van der Waals surface area contributed by atoms with Crippen molar-refractivity contribution >= 4 is 12.0 Å². The maximum atomic E-state index is 13.8. The van der Waals surface area contributed by atoms with E-state index in [1.165, 1.54) is 11.6 Å². The summed E-state index contributed by atoms with van der Waals surface area (Å²) in [6, 6.07) is 12.8. The van der Waals surface area contributed by atoms with E-state index in [1.807, 2.05) is 45.0 Å². The molecule has 2 aromatic rings. The first kappa shape index (κ1) is 20.3. The van der Waals surface area contributed by atoms with Gasteiger partial charge in [-0.1, -0.05) is 44.2 Å². The van der Waals surface area contributed by atoms with Gasteiger partial charge >= 0.3 is 0 Å². The van der Waals surface area contributed by atoms with Gasteiger partial charge in [-0.25, -0.2) is 8.78 Å². The Hall–Kier alpha value is -3.00. The molecule has 0 bridgehead atoms. The Bertz CT molecular complexity index is 879. The largest absolute Gasteiger partial charge is 0.331 e. The van der Waals surface area contributed by atoms with E-state index in [9.17, 15) is 18.8 Å². The lowest BCUT2D eigenvalue weighted by Crippen LogP contribution is -2.39. The lowest BCUT2D eigenvalue weighted by molar-refractivity contribution is -0.129. The number of hydrogen-bond acceptors (Lipinski definition) is 2. The summed E-state index contributed by atoms with van der Waals surface area (Å²) in [5, 5.41) is 9.34. The van der Waals surface area contributed by atoms with Crippen LogP contribution < -0.4 is 0 Å². The highest BCUT2D eigenvalue weighted by Gasteiger charge is 2.29. The molecule has 0 fully saturated rings. The van der Waals surface area contributed by atoms with Crippen LogP contribution >= 0.6 is 0 Å². The Labute approximate surface area is 158 Å². The fourth-order valence-electron chi connectivity index (χ4n) is 3.14. The second-order valence-corrected chi connectivity index (χ2v) is 5.93. The summed E-state index contributed by atoms with van der Waals surface area (Å²) in [5.41, 5.74) is 1.53. The predicted molar refractivity (Wildman–Crippen MR) is 102 cm³/mol. The smallest absolute Gasteiger partial charge is 0.265 e. The van der Waals surface area contributed by atoms with E-state index in [0.29, 0.717) is 13.0 Å². The third kappa shape index (κ3) is 4.22. The molecule has 1 aliphatic heterocycles. The van der Waals surface area contributed by atoms with Crippen molar-refractivity contribution in [2.45, 2.75) is 33.2 Å². The number of halogens is 2. The summed E-state index contributed by atoms with van der Waals surface area (Å²) in [4.78, 5) is 14.3. The Balaban J connectivity index is 0.00000126. The molecule has 1 unspecified atom stereocenters. The molecule has 1 atom stereocenters. The monoisotopic (exact) mass is 368 g/mol. The van der Waals surface area contributed by atoms with Gasteiger partial charge in [-0.15, -0.1) is 0 Å². The topological polar surface area (TPSA) is 44.1 Å². The number of carbonyl (C=O) groups excluding carboxylic acids is 1. The van der Waals surface area contributed by atoms with E-state index in [-0.39, 0.29) is 17.2 Å². The summed E-state index contributed by atoms with van der Waals surface area (Å²) in [5.74, 6) is -2.14. The molecule has 0 aromatic heterocycles. The van der Waals surface area contributed by atoms with Crippen molar-refractivity contribution in [3.05, 3.63) is 76.4 Å². The quantitative estimate of drug-likeness (QED) is 0.550. The molecule has 1 amide bonds. The average molecular weight is 368 g/mol. The number of rotatable bonds is 2. The molecule has 0 saturated heterocycles. The summed E-state index contributed by atoms with van der Waals surface area (Å²) < 4.78 is 27.6. The maximum absolute atomic E-state index is 13.8. The molecule has 5 heteroatoms. The standard InChI is InChI=1S/C20H16F2N2O.C2H6/c1-13-16-6-3-2-5-14(16)9-10-24(13)20(25)15(12-23)11-17-18(21)7-4-8-19(17)22;1-2/h2-8,11,13H,9-10H2,1H3;1-2H3/b15-11+;. The van der Waals surface area contributed by atoms with E-state index in [0.717, 1.165) is 23.8 Å². The van der Waals surface area contributed by atoms with Crippen LogP contribution in [0.2, 0.25) is 0 Å². The van der Waals surface area contributed by atoms with Gasteiger partial charge in [0.25, 0.3) is 5.91 Å². The van der Waals surface area contributed by atoms with Gasteiger partial charge in [0, 0.05) is 12.1 Å². The molecule has 1 aliphatic rings. The first-order valence-electron chi connectivity index (χ1n) is 8.97. The SMILES string of the molecule is CC.CC1c2ccccc2CCN1C(=O)/C(C#N)=C/c1c(F)cccc1F. The minimum atomic E-state index is -0.808. The molecule has 0 N–H and O–H groups in total. The van der Waals surface area contributed by atoms with Crippen LogP contribution in [0.15, 0.2) is 48.0 Å². The van der Waals surface area contributed by atoms with Crippen LogP contribution in [-0.2, 0) is 11.2 Å². The summed E-state index contributed by atoms with van der Waals surface area (Å²) in [6.07, 6.45) is 1.67. The number of nitrogens with zero attached hydrogens (tertiary/aromatic N) is 2. The van der Waals surface area contributed by atoms with Gasteiger partial charge in [0.15, 0.2) is 0 Å². The molecule has 2 aromatic carbocycles. The van der Waals surface area contributed by atoms with Crippen LogP contribution in [0, 0.1) is 23.0 Å². The highest BCUT2D eigenvalue weighted by atomic mass is 19.1. The van der Waals surface area contributed by atoms with Crippen LogP contribution in [0.1, 0.15) is 43.5 Å². The zero-order chi connectivity index (χ0) is 20.0. The third-order valence-corrected chi connectivity index (χ3v) is 4.49. The molecule has 27 heavy (non-hydrogen) atoms. The molecule has 0 spiro atoms. The van der Waals surface area contributed by atoms with Crippen LogP contribution in [0.25, 0.3) is 6.08 Å². The molecule has 0 radical (unpaired) electrons. The minimum absolute atomic E-state index is 0.209. The van der Waals surface area contributed by atoms with E-state index in [1.54, 1.807) is 11.0 Å². The van der Waals surface area contributed by atoms with E-state index < -0.39 is 17.5 Å². The second-order valence-electron chi connectivity index (χ2n) is 5.93.